The summed E-state index contributed by atoms with van der Waals surface area (Å²) in [5.41, 5.74) is 2.77. The number of Topliss-reactive ketones (excluding diaryl/α,β-unsaturated/α-hetero) is 1. The van der Waals surface area contributed by atoms with E-state index in [-0.39, 0.29) is 18.5 Å². The normalized spacial score (nSPS) is 12.3. The standard InChI is InChI=1S/C20H20N2O4/c1-13(23)16-10-18-19(26-12-25-18)11-17(16)21-20(24)9-6-14-4-7-15(8-5-14)22(2)3/h4-11H,12H2,1-3H3,(H,21,24)/b9-6+. The van der Waals surface area contributed by atoms with Crippen molar-refractivity contribution in [2.45, 2.75) is 6.92 Å². The summed E-state index contributed by atoms with van der Waals surface area (Å²) in [6.07, 6.45) is 3.15. The number of hydrogen-bond acceptors (Lipinski definition) is 5. The van der Waals surface area contributed by atoms with Gasteiger partial charge in [0.15, 0.2) is 17.3 Å². The Kier molecular flexibility index (Phi) is 4.93. The minimum Gasteiger partial charge on any atom is -0.454 e. The summed E-state index contributed by atoms with van der Waals surface area (Å²) in [6, 6.07) is 11.0. The fourth-order valence-corrected chi connectivity index (χ4v) is 2.57. The van der Waals surface area contributed by atoms with Gasteiger partial charge in [0.2, 0.25) is 12.7 Å². The van der Waals surface area contributed by atoms with Crippen LogP contribution in [0.3, 0.4) is 0 Å². The summed E-state index contributed by atoms with van der Waals surface area (Å²) in [7, 11) is 3.94. The third kappa shape index (κ3) is 3.85. The van der Waals surface area contributed by atoms with Crippen LogP contribution in [0.15, 0.2) is 42.5 Å². The van der Waals surface area contributed by atoms with E-state index in [1.165, 1.54) is 13.0 Å². The predicted octanol–water partition coefficient (Wildman–Crippen LogP) is 3.34. The van der Waals surface area contributed by atoms with Crippen molar-refractivity contribution in [3.63, 3.8) is 0 Å². The molecule has 1 amide bonds. The second-order valence-electron chi connectivity index (χ2n) is 6.12. The molecule has 0 bridgehead atoms. The fraction of sp³-hybridized carbons (Fsp3) is 0.200. The van der Waals surface area contributed by atoms with E-state index in [9.17, 15) is 9.59 Å². The Bertz CT molecular complexity index is 870. The maximum Gasteiger partial charge on any atom is 0.248 e. The van der Waals surface area contributed by atoms with E-state index in [0.717, 1.165) is 11.3 Å². The quantitative estimate of drug-likeness (QED) is 0.660. The Labute approximate surface area is 152 Å². The molecule has 6 heteroatoms. The molecule has 3 rings (SSSR count). The summed E-state index contributed by atoms with van der Waals surface area (Å²) >= 11 is 0. The molecule has 2 aromatic rings. The summed E-state index contributed by atoms with van der Waals surface area (Å²) in [5.74, 6) is 0.517. The number of ketones is 1. The number of carbonyl (C=O) groups is 2. The minimum absolute atomic E-state index is 0.104. The predicted molar refractivity (Wildman–Crippen MR) is 101 cm³/mol. The van der Waals surface area contributed by atoms with Gasteiger partial charge in [-0.15, -0.1) is 0 Å². The molecule has 0 fully saturated rings. The van der Waals surface area contributed by atoms with Crippen molar-refractivity contribution in [1.29, 1.82) is 0 Å². The molecule has 0 aromatic heterocycles. The Hall–Kier alpha value is -3.28. The van der Waals surface area contributed by atoms with E-state index in [0.29, 0.717) is 22.7 Å². The van der Waals surface area contributed by atoms with Crippen molar-refractivity contribution >= 4 is 29.1 Å². The number of anilines is 2. The molecule has 1 aliphatic rings. The molecule has 26 heavy (non-hydrogen) atoms. The highest BCUT2D eigenvalue weighted by Crippen LogP contribution is 2.37. The number of nitrogens with one attached hydrogen (secondary N) is 1. The molecule has 0 saturated carbocycles. The van der Waals surface area contributed by atoms with Gasteiger partial charge in [0.1, 0.15) is 0 Å². The van der Waals surface area contributed by atoms with Crippen molar-refractivity contribution < 1.29 is 19.1 Å². The second kappa shape index (κ2) is 7.31. The summed E-state index contributed by atoms with van der Waals surface area (Å²) in [5, 5.41) is 2.73. The fourth-order valence-electron chi connectivity index (χ4n) is 2.57. The van der Waals surface area contributed by atoms with Crippen molar-refractivity contribution in [2.75, 3.05) is 31.1 Å². The first kappa shape index (κ1) is 17.5. The average Bonchev–Trinajstić information content (AvgIpc) is 3.06. The highest BCUT2D eigenvalue weighted by molar-refractivity contribution is 6.08. The first-order chi connectivity index (χ1) is 12.4. The van der Waals surface area contributed by atoms with E-state index < -0.39 is 0 Å². The second-order valence-corrected chi connectivity index (χ2v) is 6.12. The van der Waals surface area contributed by atoms with Crippen LogP contribution in [-0.4, -0.2) is 32.6 Å². The Morgan fingerprint density at radius 2 is 1.73 bits per heavy atom. The topological polar surface area (TPSA) is 67.9 Å². The summed E-state index contributed by atoms with van der Waals surface area (Å²) in [4.78, 5) is 26.1. The number of amides is 1. The van der Waals surface area contributed by atoms with Gasteiger partial charge in [-0.2, -0.15) is 0 Å². The molecule has 1 aliphatic heterocycles. The van der Waals surface area contributed by atoms with E-state index in [2.05, 4.69) is 5.32 Å². The van der Waals surface area contributed by atoms with E-state index in [1.807, 2.05) is 43.3 Å². The summed E-state index contributed by atoms with van der Waals surface area (Å²) < 4.78 is 10.6. The highest BCUT2D eigenvalue weighted by Gasteiger charge is 2.19. The number of ether oxygens (including phenoxy) is 2. The molecular formula is C20H20N2O4. The number of fused-ring (bicyclic) bond motifs is 1. The van der Waals surface area contributed by atoms with Gasteiger partial charge in [0.05, 0.1) is 5.69 Å². The lowest BCUT2D eigenvalue weighted by atomic mass is 10.1. The Morgan fingerprint density at radius 3 is 2.35 bits per heavy atom. The van der Waals surface area contributed by atoms with Gasteiger partial charge in [-0.25, -0.2) is 0 Å². The first-order valence-electron chi connectivity index (χ1n) is 8.15. The number of hydrogen-bond donors (Lipinski definition) is 1. The van der Waals surface area contributed by atoms with Crippen molar-refractivity contribution in [1.82, 2.24) is 0 Å². The molecular weight excluding hydrogens is 332 g/mol. The van der Waals surface area contributed by atoms with Crippen LogP contribution in [-0.2, 0) is 4.79 Å². The smallest absolute Gasteiger partial charge is 0.248 e. The van der Waals surface area contributed by atoms with Gasteiger partial charge >= 0.3 is 0 Å². The van der Waals surface area contributed by atoms with Gasteiger partial charge in [-0.1, -0.05) is 12.1 Å². The van der Waals surface area contributed by atoms with Crippen molar-refractivity contribution in [3.8, 4) is 11.5 Å². The van der Waals surface area contributed by atoms with Crippen LogP contribution in [0.5, 0.6) is 11.5 Å². The lowest BCUT2D eigenvalue weighted by Crippen LogP contribution is -2.11. The number of nitrogens with zero attached hydrogens (tertiary/aromatic N) is 1. The molecule has 0 saturated heterocycles. The largest absolute Gasteiger partial charge is 0.454 e. The SMILES string of the molecule is CC(=O)c1cc2c(cc1NC(=O)/C=C/c1ccc(N(C)C)cc1)OCO2. The maximum absolute atomic E-state index is 12.2. The summed E-state index contributed by atoms with van der Waals surface area (Å²) in [6.45, 7) is 1.54. The zero-order chi connectivity index (χ0) is 18.7. The third-order valence-corrected chi connectivity index (χ3v) is 3.99. The Morgan fingerprint density at radius 1 is 1.08 bits per heavy atom. The zero-order valence-electron chi connectivity index (χ0n) is 14.9. The molecule has 0 spiro atoms. The van der Waals surface area contributed by atoms with Gasteiger partial charge in [-0.3, -0.25) is 9.59 Å². The van der Waals surface area contributed by atoms with Gasteiger partial charge in [-0.05, 0) is 36.8 Å². The number of carbonyl (C=O) groups excluding carboxylic acids is 2. The van der Waals surface area contributed by atoms with Crippen LogP contribution in [0.1, 0.15) is 22.8 Å². The molecule has 0 radical (unpaired) electrons. The lowest BCUT2D eigenvalue weighted by Gasteiger charge is -2.11. The minimum atomic E-state index is -0.331. The monoisotopic (exact) mass is 352 g/mol. The van der Waals surface area contributed by atoms with Crippen molar-refractivity contribution in [3.05, 3.63) is 53.6 Å². The molecule has 0 aliphatic carbocycles. The molecule has 6 nitrogen and oxygen atoms in total. The average molecular weight is 352 g/mol. The van der Waals surface area contributed by atoms with Gasteiger partial charge in [0.25, 0.3) is 0 Å². The molecule has 134 valence electrons. The van der Waals surface area contributed by atoms with E-state index in [4.69, 9.17) is 9.47 Å². The van der Waals surface area contributed by atoms with Gasteiger partial charge < -0.3 is 19.7 Å². The molecule has 1 heterocycles. The van der Waals surface area contributed by atoms with Crippen LogP contribution in [0.2, 0.25) is 0 Å². The molecule has 0 unspecified atom stereocenters. The van der Waals surface area contributed by atoms with E-state index >= 15 is 0 Å². The van der Waals surface area contributed by atoms with E-state index in [1.54, 1.807) is 18.2 Å². The number of rotatable bonds is 5. The van der Waals surface area contributed by atoms with Crippen LogP contribution in [0, 0.1) is 0 Å². The van der Waals surface area contributed by atoms with Crippen molar-refractivity contribution in [2.24, 2.45) is 0 Å². The maximum atomic E-state index is 12.2. The van der Waals surface area contributed by atoms with Crippen LogP contribution >= 0.6 is 0 Å². The molecule has 2 aromatic carbocycles. The van der Waals surface area contributed by atoms with Crippen LogP contribution < -0.4 is 19.7 Å². The zero-order valence-corrected chi connectivity index (χ0v) is 14.9. The molecule has 1 N–H and O–H groups in total. The first-order valence-corrected chi connectivity index (χ1v) is 8.15. The number of benzene rings is 2. The van der Waals surface area contributed by atoms with Crippen LogP contribution in [0.25, 0.3) is 6.08 Å². The molecule has 0 atom stereocenters. The highest BCUT2D eigenvalue weighted by atomic mass is 16.7. The Balaban J connectivity index is 1.74. The van der Waals surface area contributed by atoms with Gasteiger partial charge in [0, 0.05) is 37.5 Å². The third-order valence-electron chi connectivity index (χ3n) is 3.99. The lowest BCUT2D eigenvalue weighted by molar-refractivity contribution is -0.111. The van der Waals surface area contributed by atoms with Crippen LogP contribution in [0.4, 0.5) is 11.4 Å².